The quantitative estimate of drug-likeness (QED) is 0.845. The summed E-state index contributed by atoms with van der Waals surface area (Å²) in [5, 5.41) is 2.66. The third-order valence-electron chi connectivity index (χ3n) is 3.04. The molecule has 0 spiro atoms. The second kappa shape index (κ2) is 5.27. The Kier molecular flexibility index (Phi) is 3.73. The normalized spacial score (nSPS) is 16.9. The molecule has 1 N–H and O–H groups in total. The Morgan fingerprint density at radius 1 is 1.47 bits per heavy atom. The van der Waals surface area contributed by atoms with Crippen molar-refractivity contribution in [3.05, 3.63) is 16.6 Å². The smallest absolute Gasteiger partial charge is 0.265 e. The fourth-order valence-corrected chi connectivity index (χ4v) is 2.61. The van der Waals surface area contributed by atoms with E-state index in [2.05, 4.69) is 10.3 Å². The molecule has 0 aromatic carbocycles. The lowest BCUT2D eigenvalue weighted by Crippen LogP contribution is -2.42. The van der Waals surface area contributed by atoms with Crippen LogP contribution in [0.2, 0.25) is 0 Å². The highest BCUT2D eigenvalue weighted by atomic mass is 32.1. The summed E-state index contributed by atoms with van der Waals surface area (Å²) >= 11 is 1.35. The number of amides is 2. The number of carbonyl (C=O) groups excluding carboxylic acids is 2. The van der Waals surface area contributed by atoms with Gasteiger partial charge in [0.2, 0.25) is 5.91 Å². The number of rotatable bonds is 2. The minimum absolute atomic E-state index is 0.0304. The Morgan fingerprint density at radius 2 is 2.18 bits per heavy atom. The topological polar surface area (TPSA) is 62.3 Å². The maximum absolute atomic E-state index is 12.0. The van der Waals surface area contributed by atoms with E-state index in [9.17, 15) is 9.59 Å². The predicted molar refractivity (Wildman–Crippen MR) is 64.8 cm³/mol. The molecule has 1 aromatic rings. The van der Waals surface area contributed by atoms with Crippen LogP contribution in [0.3, 0.4) is 0 Å². The van der Waals surface area contributed by atoms with Crippen LogP contribution in [0.1, 0.15) is 22.5 Å². The average Bonchev–Trinajstić information content (AvgIpc) is 2.91. The van der Waals surface area contributed by atoms with E-state index in [0.29, 0.717) is 18.0 Å². The van der Waals surface area contributed by atoms with Gasteiger partial charge in [-0.25, -0.2) is 0 Å². The first-order chi connectivity index (χ1) is 8.22. The summed E-state index contributed by atoms with van der Waals surface area (Å²) < 4.78 is 0. The maximum Gasteiger partial charge on any atom is 0.265 e. The van der Waals surface area contributed by atoms with E-state index in [1.54, 1.807) is 23.7 Å². The summed E-state index contributed by atoms with van der Waals surface area (Å²) in [5.41, 5.74) is 1.66. The standard InChI is InChI=1S/C11H15N3O2S/c1-12-10(15)8-2-4-14(5-3-8)11(16)9-6-13-7-17-9/h6-8H,2-5H2,1H3,(H,12,15). The van der Waals surface area contributed by atoms with Gasteiger partial charge in [-0.1, -0.05) is 0 Å². The molecule has 6 heteroatoms. The first kappa shape index (κ1) is 12.0. The Balaban J connectivity index is 1.91. The molecule has 0 atom stereocenters. The fourth-order valence-electron chi connectivity index (χ4n) is 2.03. The third-order valence-corrected chi connectivity index (χ3v) is 3.80. The SMILES string of the molecule is CNC(=O)C1CCN(C(=O)c2cncs2)CC1. The molecule has 1 saturated heterocycles. The molecule has 5 nitrogen and oxygen atoms in total. The third kappa shape index (κ3) is 2.63. The van der Waals surface area contributed by atoms with Crippen LogP contribution in [0.4, 0.5) is 0 Å². The van der Waals surface area contributed by atoms with E-state index >= 15 is 0 Å². The number of nitrogens with zero attached hydrogens (tertiary/aromatic N) is 2. The molecule has 2 heterocycles. The summed E-state index contributed by atoms with van der Waals surface area (Å²) in [6.07, 6.45) is 3.08. The lowest BCUT2D eigenvalue weighted by Gasteiger charge is -2.30. The number of thiazole rings is 1. The Labute approximate surface area is 104 Å². The van der Waals surface area contributed by atoms with Gasteiger partial charge >= 0.3 is 0 Å². The lowest BCUT2D eigenvalue weighted by atomic mass is 9.96. The van der Waals surface area contributed by atoms with Crippen molar-refractivity contribution in [3.8, 4) is 0 Å². The monoisotopic (exact) mass is 253 g/mol. The van der Waals surface area contributed by atoms with Gasteiger partial charge in [-0.3, -0.25) is 14.6 Å². The van der Waals surface area contributed by atoms with Crippen LogP contribution in [0.15, 0.2) is 11.7 Å². The van der Waals surface area contributed by atoms with Crippen molar-refractivity contribution in [3.63, 3.8) is 0 Å². The minimum atomic E-state index is 0.0304. The first-order valence-corrected chi connectivity index (χ1v) is 6.49. The molecule has 0 saturated carbocycles. The van der Waals surface area contributed by atoms with Crippen LogP contribution in [-0.4, -0.2) is 41.8 Å². The largest absolute Gasteiger partial charge is 0.359 e. The Morgan fingerprint density at radius 3 is 2.71 bits per heavy atom. The molecular weight excluding hydrogens is 238 g/mol. The molecule has 0 unspecified atom stereocenters. The van der Waals surface area contributed by atoms with Crippen molar-refractivity contribution >= 4 is 23.2 Å². The predicted octanol–water partition coefficient (Wildman–Crippen LogP) is 0.741. The van der Waals surface area contributed by atoms with Crippen LogP contribution in [0.25, 0.3) is 0 Å². The molecule has 0 radical (unpaired) electrons. The van der Waals surface area contributed by atoms with E-state index in [1.807, 2.05) is 0 Å². The van der Waals surface area contributed by atoms with Crippen molar-refractivity contribution < 1.29 is 9.59 Å². The van der Waals surface area contributed by atoms with Crippen LogP contribution >= 0.6 is 11.3 Å². The highest BCUT2D eigenvalue weighted by Gasteiger charge is 2.27. The van der Waals surface area contributed by atoms with Crippen molar-refractivity contribution in [2.24, 2.45) is 5.92 Å². The molecule has 2 rings (SSSR count). The zero-order valence-corrected chi connectivity index (χ0v) is 10.5. The first-order valence-electron chi connectivity index (χ1n) is 5.61. The van der Waals surface area contributed by atoms with E-state index in [-0.39, 0.29) is 17.7 Å². The molecule has 1 aliphatic heterocycles. The molecule has 0 aliphatic carbocycles. The second-order valence-electron chi connectivity index (χ2n) is 4.05. The molecule has 1 aliphatic rings. The number of likely N-dealkylation sites (tertiary alicyclic amines) is 1. The van der Waals surface area contributed by atoms with Gasteiger partial charge in [-0.05, 0) is 12.8 Å². The van der Waals surface area contributed by atoms with Gasteiger partial charge in [0, 0.05) is 26.1 Å². The van der Waals surface area contributed by atoms with E-state index in [1.165, 1.54) is 11.3 Å². The number of carbonyl (C=O) groups is 2. The lowest BCUT2D eigenvalue weighted by molar-refractivity contribution is -0.125. The van der Waals surface area contributed by atoms with Crippen molar-refractivity contribution in [1.29, 1.82) is 0 Å². The number of hydrogen-bond donors (Lipinski definition) is 1. The number of aromatic nitrogens is 1. The molecule has 0 bridgehead atoms. The summed E-state index contributed by atoms with van der Waals surface area (Å²) in [7, 11) is 1.65. The summed E-state index contributed by atoms with van der Waals surface area (Å²) in [4.78, 5) is 29.8. The second-order valence-corrected chi connectivity index (χ2v) is 4.93. The van der Waals surface area contributed by atoms with Gasteiger partial charge in [0.15, 0.2) is 0 Å². The van der Waals surface area contributed by atoms with Gasteiger partial charge in [0.25, 0.3) is 5.91 Å². The van der Waals surface area contributed by atoms with Gasteiger partial charge in [-0.2, -0.15) is 0 Å². The Hall–Kier alpha value is -1.43. The fraction of sp³-hybridized carbons (Fsp3) is 0.545. The number of hydrogen-bond acceptors (Lipinski definition) is 4. The summed E-state index contributed by atoms with van der Waals surface area (Å²) in [6.45, 7) is 1.30. The van der Waals surface area contributed by atoms with Gasteiger partial charge in [0.1, 0.15) is 4.88 Å². The molecule has 1 aromatic heterocycles. The van der Waals surface area contributed by atoms with Gasteiger partial charge in [-0.15, -0.1) is 11.3 Å². The van der Waals surface area contributed by atoms with Crippen LogP contribution in [-0.2, 0) is 4.79 Å². The van der Waals surface area contributed by atoms with Crippen molar-refractivity contribution in [2.75, 3.05) is 20.1 Å². The number of nitrogens with one attached hydrogen (secondary N) is 1. The Bertz CT molecular complexity index is 397. The highest BCUT2D eigenvalue weighted by Crippen LogP contribution is 2.20. The molecular formula is C11H15N3O2S. The average molecular weight is 253 g/mol. The van der Waals surface area contributed by atoms with Crippen LogP contribution in [0, 0.1) is 5.92 Å². The van der Waals surface area contributed by atoms with Crippen molar-refractivity contribution in [2.45, 2.75) is 12.8 Å². The van der Waals surface area contributed by atoms with Gasteiger partial charge < -0.3 is 10.2 Å². The van der Waals surface area contributed by atoms with Gasteiger partial charge in [0.05, 0.1) is 11.7 Å². The molecule has 1 fully saturated rings. The minimum Gasteiger partial charge on any atom is -0.359 e. The molecule has 17 heavy (non-hydrogen) atoms. The maximum atomic E-state index is 12.0. The summed E-state index contributed by atoms with van der Waals surface area (Å²) in [5.74, 6) is 0.156. The highest BCUT2D eigenvalue weighted by molar-refractivity contribution is 7.11. The van der Waals surface area contributed by atoms with Crippen LogP contribution in [0.5, 0.6) is 0 Å². The molecule has 2 amide bonds. The summed E-state index contributed by atoms with van der Waals surface area (Å²) in [6, 6.07) is 0. The van der Waals surface area contributed by atoms with E-state index < -0.39 is 0 Å². The van der Waals surface area contributed by atoms with E-state index in [4.69, 9.17) is 0 Å². The zero-order chi connectivity index (χ0) is 12.3. The van der Waals surface area contributed by atoms with E-state index in [0.717, 1.165) is 12.8 Å². The van der Waals surface area contributed by atoms with Crippen LogP contribution < -0.4 is 5.32 Å². The van der Waals surface area contributed by atoms with Crippen molar-refractivity contribution in [1.82, 2.24) is 15.2 Å². The molecule has 92 valence electrons. The zero-order valence-electron chi connectivity index (χ0n) is 9.68. The number of piperidine rings is 1.